The van der Waals surface area contributed by atoms with Gasteiger partial charge in [-0.1, -0.05) is 32.9 Å². The highest BCUT2D eigenvalue weighted by Crippen LogP contribution is 2.28. The van der Waals surface area contributed by atoms with Crippen molar-refractivity contribution in [3.8, 4) is 5.75 Å². The first-order chi connectivity index (χ1) is 13.2. The number of nitrogens with one attached hydrogen (secondary N) is 2. The van der Waals surface area contributed by atoms with Gasteiger partial charge in [0.2, 0.25) is 0 Å². The van der Waals surface area contributed by atoms with Gasteiger partial charge in [-0.05, 0) is 47.4 Å². The molecule has 3 N–H and O–H groups in total. The van der Waals surface area contributed by atoms with Crippen LogP contribution in [0.15, 0.2) is 65.3 Å². The van der Waals surface area contributed by atoms with Crippen molar-refractivity contribution >= 4 is 23.2 Å². The molecule has 6 nitrogen and oxygen atoms in total. The van der Waals surface area contributed by atoms with Crippen LogP contribution >= 0.6 is 0 Å². The number of phenols is 1. The molecule has 6 heteroatoms. The summed E-state index contributed by atoms with van der Waals surface area (Å²) in [6, 6.07) is 15.0. The van der Waals surface area contributed by atoms with E-state index in [1.807, 2.05) is 12.1 Å². The Labute approximate surface area is 163 Å². The predicted molar refractivity (Wildman–Crippen MR) is 108 cm³/mol. The summed E-state index contributed by atoms with van der Waals surface area (Å²) in [4.78, 5) is 24.4. The Bertz CT molecular complexity index is 984. The number of benzene rings is 2. The van der Waals surface area contributed by atoms with E-state index in [0.717, 1.165) is 5.56 Å². The lowest BCUT2D eigenvalue weighted by Gasteiger charge is -2.19. The summed E-state index contributed by atoms with van der Waals surface area (Å²) in [6.07, 6.45) is 1.40. The molecule has 0 spiro atoms. The highest BCUT2D eigenvalue weighted by atomic mass is 16.3. The Hall–Kier alpha value is -3.54. The third-order valence-corrected chi connectivity index (χ3v) is 4.26. The van der Waals surface area contributed by atoms with Gasteiger partial charge < -0.3 is 20.2 Å². The van der Waals surface area contributed by atoms with Gasteiger partial charge in [0.15, 0.2) is 5.76 Å². The quantitative estimate of drug-likeness (QED) is 0.569. The number of hydrogen-bond donors (Lipinski definition) is 3. The largest absolute Gasteiger partial charge is 0.506 e. The van der Waals surface area contributed by atoms with Crippen LogP contribution in [0.5, 0.6) is 5.75 Å². The van der Waals surface area contributed by atoms with Crippen LogP contribution in [0.2, 0.25) is 0 Å². The molecule has 0 saturated carbocycles. The van der Waals surface area contributed by atoms with Crippen LogP contribution in [0.4, 0.5) is 11.4 Å². The fourth-order valence-electron chi connectivity index (χ4n) is 2.63. The molecule has 2 aromatic carbocycles. The summed E-state index contributed by atoms with van der Waals surface area (Å²) in [5.41, 5.74) is 2.25. The zero-order valence-corrected chi connectivity index (χ0v) is 15.9. The summed E-state index contributed by atoms with van der Waals surface area (Å²) < 4.78 is 5.02. The SMILES string of the molecule is CC(C)(C)c1ccc(C(=O)Nc2ccc(NC(=O)c3ccco3)cc2O)cc1. The van der Waals surface area contributed by atoms with Gasteiger partial charge in [0.25, 0.3) is 11.8 Å². The highest BCUT2D eigenvalue weighted by Gasteiger charge is 2.15. The topological polar surface area (TPSA) is 91.6 Å². The molecule has 2 amide bonds. The minimum absolute atomic E-state index is 0.00316. The van der Waals surface area contributed by atoms with E-state index >= 15 is 0 Å². The van der Waals surface area contributed by atoms with Crippen molar-refractivity contribution in [2.75, 3.05) is 10.6 Å². The molecule has 3 aromatic rings. The highest BCUT2D eigenvalue weighted by molar-refractivity contribution is 6.06. The molecule has 28 heavy (non-hydrogen) atoms. The van der Waals surface area contributed by atoms with E-state index in [-0.39, 0.29) is 28.5 Å². The second-order valence-corrected chi connectivity index (χ2v) is 7.44. The first-order valence-corrected chi connectivity index (χ1v) is 8.84. The number of carbonyl (C=O) groups excluding carboxylic acids is 2. The Morgan fingerprint density at radius 2 is 1.64 bits per heavy atom. The number of rotatable bonds is 4. The van der Waals surface area contributed by atoms with E-state index in [1.54, 1.807) is 24.3 Å². The van der Waals surface area contributed by atoms with E-state index in [0.29, 0.717) is 11.3 Å². The Morgan fingerprint density at radius 1 is 0.929 bits per heavy atom. The van der Waals surface area contributed by atoms with Crippen LogP contribution in [0.1, 0.15) is 47.2 Å². The number of amides is 2. The molecule has 0 aliphatic rings. The molecule has 0 saturated heterocycles. The van der Waals surface area contributed by atoms with Crippen molar-refractivity contribution in [2.45, 2.75) is 26.2 Å². The molecule has 1 heterocycles. The van der Waals surface area contributed by atoms with Gasteiger partial charge in [0, 0.05) is 17.3 Å². The van der Waals surface area contributed by atoms with Gasteiger partial charge >= 0.3 is 0 Å². The van der Waals surface area contributed by atoms with E-state index in [1.165, 1.54) is 24.5 Å². The minimum Gasteiger partial charge on any atom is -0.506 e. The fraction of sp³-hybridized carbons (Fsp3) is 0.182. The third-order valence-electron chi connectivity index (χ3n) is 4.26. The van der Waals surface area contributed by atoms with Crippen LogP contribution in [0.3, 0.4) is 0 Å². The predicted octanol–water partition coefficient (Wildman–Crippen LogP) is 4.79. The van der Waals surface area contributed by atoms with Crippen molar-refractivity contribution in [3.05, 3.63) is 77.7 Å². The van der Waals surface area contributed by atoms with Crippen LogP contribution in [0, 0.1) is 0 Å². The summed E-state index contributed by atoms with van der Waals surface area (Å²) in [7, 11) is 0. The maximum Gasteiger partial charge on any atom is 0.291 e. The zero-order valence-electron chi connectivity index (χ0n) is 15.9. The first kappa shape index (κ1) is 19.2. The van der Waals surface area contributed by atoms with Crippen molar-refractivity contribution < 1.29 is 19.1 Å². The number of hydrogen-bond acceptors (Lipinski definition) is 4. The van der Waals surface area contributed by atoms with E-state index in [4.69, 9.17) is 4.42 Å². The fourth-order valence-corrected chi connectivity index (χ4v) is 2.63. The van der Waals surface area contributed by atoms with E-state index < -0.39 is 5.91 Å². The Kier molecular flexibility index (Phi) is 5.22. The maximum atomic E-state index is 12.4. The molecule has 0 radical (unpaired) electrons. The normalized spacial score (nSPS) is 11.1. The van der Waals surface area contributed by atoms with Gasteiger partial charge in [-0.3, -0.25) is 9.59 Å². The standard InChI is InChI=1S/C22H22N2O4/c1-22(2,3)15-8-6-14(7-9-15)20(26)24-17-11-10-16(13-18(17)25)23-21(27)19-5-4-12-28-19/h4-13,25H,1-3H3,(H,23,27)(H,24,26). The molecule has 0 fully saturated rings. The van der Waals surface area contributed by atoms with Crippen molar-refractivity contribution in [1.82, 2.24) is 0 Å². The lowest BCUT2D eigenvalue weighted by molar-refractivity contribution is 0.0994. The smallest absolute Gasteiger partial charge is 0.291 e. The second kappa shape index (κ2) is 7.60. The molecule has 0 bridgehead atoms. The Balaban J connectivity index is 1.69. The first-order valence-electron chi connectivity index (χ1n) is 8.84. The summed E-state index contributed by atoms with van der Waals surface area (Å²) in [5.74, 6) is -0.754. The van der Waals surface area contributed by atoms with Crippen LogP contribution < -0.4 is 10.6 Å². The van der Waals surface area contributed by atoms with Crippen LogP contribution in [-0.2, 0) is 5.41 Å². The summed E-state index contributed by atoms with van der Waals surface area (Å²) in [5, 5.41) is 15.5. The van der Waals surface area contributed by atoms with Crippen LogP contribution in [-0.4, -0.2) is 16.9 Å². The molecule has 1 aromatic heterocycles. The summed E-state index contributed by atoms with van der Waals surface area (Å²) >= 11 is 0. The third kappa shape index (κ3) is 4.40. The average molecular weight is 378 g/mol. The maximum absolute atomic E-state index is 12.4. The van der Waals surface area contributed by atoms with Gasteiger partial charge in [0.1, 0.15) is 5.75 Å². The van der Waals surface area contributed by atoms with Crippen LogP contribution in [0.25, 0.3) is 0 Å². The number of phenolic OH excluding ortho intramolecular Hbond substituents is 1. The molecular formula is C22H22N2O4. The number of anilines is 2. The molecule has 3 rings (SSSR count). The van der Waals surface area contributed by atoms with Crippen molar-refractivity contribution in [3.63, 3.8) is 0 Å². The van der Waals surface area contributed by atoms with Crippen molar-refractivity contribution in [1.29, 1.82) is 0 Å². The molecule has 0 atom stereocenters. The van der Waals surface area contributed by atoms with E-state index in [2.05, 4.69) is 31.4 Å². The monoisotopic (exact) mass is 378 g/mol. The lowest BCUT2D eigenvalue weighted by Crippen LogP contribution is -2.14. The summed E-state index contributed by atoms with van der Waals surface area (Å²) in [6.45, 7) is 6.31. The molecule has 0 unspecified atom stereocenters. The van der Waals surface area contributed by atoms with Gasteiger partial charge in [-0.2, -0.15) is 0 Å². The molecule has 0 aliphatic carbocycles. The van der Waals surface area contributed by atoms with Gasteiger partial charge in [-0.25, -0.2) is 0 Å². The molecular weight excluding hydrogens is 356 g/mol. The number of furan rings is 1. The Morgan fingerprint density at radius 3 is 2.21 bits per heavy atom. The lowest BCUT2D eigenvalue weighted by atomic mass is 9.87. The minimum atomic E-state index is -0.430. The molecule has 144 valence electrons. The van der Waals surface area contributed by atoms with Crippen molar-refractivity contribution in [2.24, 2.45) is 0 Å². The van der Waals surface area contributed by atoms with Gasteiger partial charge in [-0.15, -0.1) is 0 Å². The molecule has 0 aliphatic heterocycles. The number of aromatic hydroxyl groups is 1. The zero-order chi connectivity index (χ0) is 20.3. The average Bonchev–Trinajstić information content (AvgIpc) is 3.18. The van der Waals surface area contributed by atoms with Gasteiger partial charge in [0.05, 0.1) is 12.0 Å². The van der Waals surface area contributed by atoms with E-state index in [9.17, 15) is 14.7 Å². The second-order valence-electron chi connectivity index (χ2n) is 7.44. The number of carbonyl (C=O) groups is 2.